The number of hydrogen-bond acceptors (Lipinski definition) is 5. The Morgan fingerprint density at radius 3 is 2.37 bits per heavy atom. The van der Waals surface area contributed by atoms with Crippen LogP contribution in [0.15, 0.2) is 36.4 Å². The molecule has 0 radical (unpaired) electrons. The predicted molar refractivity (Wildman–Crippen MR) is 124 cm³/mol. The first-order valence-corrected chi connectivity index (χ1v) is 11.1. The number of carbonyl (C=O) groups excluding carboxylic acids is 2. The van der Waals surface area contributed by atoms with Crippen LogP contribution in [0.25, 0.3) is 0 Å². The molecule has 9 nitrogen and oxygen atoms in total. The summed E-state index contributed by atoms with van der Waals surface area (Å²) in [4.78, 5) is 42.7. The van der Waals surface area contributed by atoms with Crippen LogP contribution in [0.5, 0.6) is 5.88 Å². The summed E-state index contributed by atoms with van der Waals surface area (Å²) in [7, 11) is 0. The monoisotopic (exact) mass is 490 g/mol. The lowest BCUT2D eigenvalue weighted by atomic mass is 9.69. The minimum absolute atomic E-state index is 0.0165. The van der Waals surface area contributed by atoms with Crippen LogP contribution in [0.1, 0.15) is 43.5 Å². The van der Waals surface area contributed by atoms with Gasteiger partial charge in [0.25, 0.3) is 0 Å². The summed E-state index contributed by atoms with van der Waals surface area (Å²) in [5, 5.41) is 13.7. The quantitative estimate of drug-likeness (QED) is 0.521. The zero-order chi connectivity index (χ0) is 25.9. The summed E-state index contributed by atoms with van der Waals surface area (Å²) in [6, 6.07) is 9.32. The minimum atomic E-state index is -3.13. The molecule has 2 heterocycles. The number of carboxylic acid groups (broad SMARTS) is 1. The van der Waals surface area contributed by atoms with E-state index in [1.54, 1.807) is 25.1 Å². The van der Waals surface area contributed by atoms with E-state index in [9.17, 15) is 23.2 Å². The van der Waals surface area contributed by atoms with Crippen molar-refractivity contribution in [2.45, 2.75) is 51.7 Å². The van der Waals surface area contributed by atoms with E-state index in [1.165, 1.54) is 17.9 Å². The summed E-state index contributed by atoms with van der Waals surface area (Å²) in [6.07, 6.45) is -1.33. The highest BCUT2D eigenvalue weighted by Gasteiger charge is 2.54. The lowest BCUT2D eigenvalue weighted by Crippen LogP contribution is -2.68. The van der Waals surface area contributed by atoms with Gasteiger partial charge in [-0.25, -0.2) is 9.78 Å². The van der Waals surface area contributed by atoms with Crippen molar-refractivity contribution in [2.75, 3.05) is 18.4 Å². The van der Waals surface area contributed by atoms with Gasteiger partial charge in [-0.15, -0.1) is 0 Å². The molecular formula is C24H28F2N4O5. The summed E-state index contributed by atoms with van der Waals surface area (Å²) < 4.78 is 30.4. The lowest BCUT2D eigenvalue weighted by Gasteiger charge is -2.50. The highest BCUT2D eigenvalue weighted by atomic mass is 19.3. The maximum Gasteiger partial charge on any atom is 0.405 e. The summed E-state index contributed by atoms with van der Waals surface area (Å²) in [5.74, 6) is -1.34. The standard InChI is InChI=1S/C24H28F2N4O5/c1-13(2)16-7-5-6-8-17(16)24(11-30(12-24)20(31)15(4)28-23(33)34)21(32)29-18-10-9-14(3)27-19(18)35-22(25)26/h5-10,13,15,22,28H,11-12H2,1-4H3,(H,29,32)(H,33,34). The Morgan fingerprint density at radius 1 is 1.11 bits per heavy atom. The first kappa shape index (κ1) is 25.9. The van der Waals surface area contributed by atoms with Gasteiger partial charge < -0.3 is 25.4 Å². The molecule has 3 N–H and O–H groups in total. The van der Waals surface area contributed by atoms with Crippen molar-refractivity contribution in [3.63, 3.8) is 0 Å². The van der Waals surface area contributed by atoms with E-state index >= 15 is 0 Å². The van der Waals surface area contributed by atoms with Gasteiger partial charge in [-0.1, -0.05) is 38.1 Å². The molecule has 188 valence electrons. The van der Waals surface area contributed by atoms with Crippen molar-refractivity contribution in [3.05, 3.63) is 53.2 Å². The normalized spacial score (nSPS) is 15.4. The van der Waals surface area contributed by atoms with Crippen molar-refractivity contribution in [1.82, 2.24) is 15.2 Å². The van der Waals surface area contributed by atoms with Crippen LogP contribution >= 0.6 is 0 Å². The van der Waals surface area contributed by atoms with E-state index in [0.29, 0.717) is 11.3 Å². The average molecular weight is 491 g/mol. The number of likely N-dealkylation sites (tertiary alicyclic amines) is 1. The van der Waals surface area contributed by atoms with Gasteiger partial charge in [0.1, 0.15) is 17.1 Å². The van der Waals surface area contributed by atoms with Crippen molar-refractivity contribution >= 4 is 23.6 Å². The molecule has 0 saturated carbocycles. The molecule has 0 spiro atoms. The number of pyridine rings is 1. The topological polar surface area (TPSA) is 121 Å². The number of hydrogen-bond donors (Lipinski definition) is 3. The van der Waals surface area contributed by atoms with Crippen molar-refractivity contribution in [2.24, 2.45) is 0 Å². The molecule has 3 amide bonds. The molecule has 1 aromatic heterocycles. The number of aryl methyl sites for hydroxylation is 1. The number of aromatic nitrogens is 1. The number of amides is 3. The van der Waals surface area contributed by atoms with Crippen LogP contribution < -0.4 is 15.4 Å². The fourth-order valence-electron chi connectivity index (χ4n) is 4.20. The predicted octanol–water partition coefficient (Wildman–Crippen LogP) is 3.49. The maximum atomic E-state index is 13.7. The highest BCUT2D eigenvalue weighted by molar-refractivity contribution is 6.03. The van der Waals surface area contributed by atoms with E-state index < -0.39 is 41.9 Å². The minimum Gasteiger partial charge on any atom is -0.465 e. The van der Waals surface area contributed by atoms with Crippen LogP contribution in [0, 0.1) is 6.92 Å². The number of rotatable bonds is 8. The summed E-state index contributed by atoms with van der Waals surface area (Å²) >= 11 is 0. The van der Waals surface area contributed by atoms with Crippen LogP contribution in [-0.4, -0.2) is 58.6 Å². The van der Waals surface area contributed by atoms with Gasteiger partial charge in [0.15, 0.2) is 0 Å². The van der Waals surface area contributed by atoms with Gasteiger partial charge in [-0.05, 0) is 43.0 Å². The molecule has 1 aliphatic rings. The summed E-state index contributed by atoms with van der Waals surface area (Å²) in [6.45, 7) is 3.81. The van der Waals surface area contributed by atoms with E-state index in [-0.39, 0.29) is 24.7 Å². The average Bonchev–Trinajstić information content (AvgIpc) is 2.74. The van der Waals surface area contributed by atoms with Gasteiger partial charge in [0.05, 0.1) is 0 Å². The molecular weight excluding hydrogens is 462 g/mol. The number of anilines is 1. The third-order valence-electron chi connectivity index (χ3n) is 5.93. The van der Waals surface area contributed by atoms with Gasteiger partial charge in [0, 0.05) is 18.8 Å². The van der Waals surface area contributed by atoms with Crippen LogP contribution in [0.3, 0.4) is 0 Å². The Hall–Kier alpha value is -3.76. The number of alkyl halides is 2. The molecule has 1 atom stereocenters. The Bertz CT molecular complexity index is 1120. The number of carbonyl (C=O) groups is 3. The first-order valence-electron chi connectivity index (χ1n) is 11.1. The molecule has 35 heavy (non-hydrogen) atoms. The number of nitrogens with zero attached hydrogens (tertiary/aromatic N) is 2. The van der Waals surface area contributed by atoms with Gasteiger partial charge >= 0.3 is 12.7 Å². The smallest absolute Gasteiger partial charge is 0.405 e. The maximum absolute atomic E-state index is 13.7. The molecule has 1 saturated heterocycles. The third-order valence-corrected chi connectivity index (χ3v) is 5.93. The van der Waals surface area contributed by atoms with E-state index in [4.69, 9.17) is 5.11 Å². The first-order chi connectivity index (χ1) is 16.4. The fourth-order valence-corrected chi connectivity index (χ4v) is 4.20. The molecule has 1 aromatic carbocycles. The third kappa shape index (κ3) is 5.50. The van der Waals surface area contributed by atoms with Gasteiger partial charge in [0.2, 0.25) is 17.7 Å². The van der Waals surface area contributed by atoms with Crippen molar-refractivity contribution in [3.8, 4) is 5.88 Å². The van der Waals surface area contributed by atoms with E-state index in [2.05, 4.69) is 20.4 Å². The number of halogens is 2. The molecule has 1 aliphatic heterocycles. The van der Waals surface area contributed by atoms with Gasteiger partial charge in [-0.3, -0.25) is 9.59 Å². The SMILES string of the molecule is Cc1ccc(NC(=O)C2(c3ccccc3C(C)C)CN(C(=O)C(C)NC(=O)O)C2)c(OC(F)F)n1. The Balaban J connectivity index is 1.97. The number of benzene rings is 1. The lowest BCUT2D eigenvalue weighted by molar-refractivity contribution is -0.145. The second kappa shape index (κ2) is 10.2. The second-order valence-electron chi connectivity index (χ2n) is 8.83. The molecule has 0 aliphatic carbocycles. The van der Waals surface area contributed by atoms with E-state index in [1.807, 2.05) is 26.0 Å². The fraction of sp³-hybridized carbons (Fsp3) is 0.417. The second-order valence-corrected chi connectivity index (χ2v) is 8.83. The number of nitrogens with one attached hydrogen (secondary N) is 2. The van der Waals surface area contributed by atoms with Crippen LogP contribution in [0.4, 0.5) is 19.3 Å². The molecule has 2 aromatic rings. The largest absolute Gasteiger partial charge is 0.465 e. The van der Waals surface area contributed by atoms with E-state index in [0.717, 1.165) is 5.56 Å². The van der Waals surface area contributed by atoms with Crippen molar-refractivity contribution < 1.29 is 33.0 Å². The highest BCUT2D eigenvalue weighted by Crippen LogP contribution is 2.40. The van der Waals surface area contributed by atoms with Gasteiger partial charge in [-0.2, -0.15) is 8.78 Å². The Labute approximate surface area is 201 Å². The van der Waals surface area contributed by atoms with Crippen LogP contribution in [-0.2, 0) is 15.0 Å². The zero-order valence-electron chi connectivity index (χ0n) is 19.8. The van der Waals surface area contributed by atoms with Crippen LogP contribution in [0.2, 0.25) is 0 Å². The molecule has 11 heteroatoms. The molecule has 3 rings (SSSR count). The van der Waals surface area contributed by atoms with Crippen molar-refractivity contribution in [1.29, 1.82) is 0 Å². The summed E-state index contributed by atoms with van der Waals surface area (Å²) in [5.41, 5.74) is 0.822. The molecule has 1 unspecified atom stereocenters. The Morgan fingerprint density at radius 2 is 1.77 bits per heavy atom. The Kier molecular flexibility index (Phi) is 7.57. The molecule has 1 fully saturated rings. The zero-order valence-corrected chi connectivity index (χ0v) is 19.8. The molecule has 0 bridgehead atoms. The number of ether oxygens (including phenoxy) is 1.